The van der Waals surface area contributed by atoms with E-state index in [2.05, 4.69) is 20.3 Å². The molecule has 138 valence electrons. The molecule has 1 saturated heterocycles. The third kappa shape index (κ3) is 2.63. The molecule has 0 radical (unpaired) electrons. The zero-order chi connectivity index (χ0) is 17.7. The fourth-order valence-corrected chi connectivity index (χ4v) is 4.05. The summed E-state index contributed by atoms with van der Waals surface area (Å²) in [6.45, 7) is 2.95. The molecule has 2 aliphatic carbocycles. The van der Waals surface area contributed by atoms with E-state index in [4.69, 9.17) is 9.26 Å². The van der Waals surface area contributed by atoms with Gasteiger partial charge in [-0.2, -0.15) is 10.1 Å². The van der Waals surface area contributed by atoms with Crippen molar-refractivity contribution in [2.24, 2.45) is 0 Å². The van der Waals surface area contributed by atoms with Gasteiger partial charge in [0.15, 0.2) is 11.5 Å². The fourth-order valence-electron chi connectivity index (χ4n) is 4.05. The third-order valence-corrected chi connectivity index (χ3v) is 5.67. The van der Waals surface area contributed by atoms with E-state index in [0.717, 1.165) is 55.6 Å². The monoisotopic (exact) mass is 357 g/mol. The van der Waals surface area contributed by atoms with Crippen molar-refractivity contribution in [3.05, 3.63) is 28.7 Å². The molecule has 0 aromatic carbocycles. The van der Waals surface area contributed by atoms with Gasteiger partial charge in [-0.3, -0.25) is 9.89 Å². The van der Waals surface area contributed by atoms with Gasteiger partial charge in [0.25, 0.3) is 11.8 Å². The van der Waals surface area contributed by atoms with Crippen LogP contribution in [-0.2, 0) is 17.6 Å². The molecule has 8 nitrogen and oxygen atoms in total. The van der Waals surface area contributed by atoms with Gasteiger partial charge in [-0.05, 0) is 45.4 Å². The molecular weight excluding hydrogens is 334 g/mol. The number of rotatable bonds is 3. The van der Waals surface area contributed by atoms with Crippen LogP contribution in [0.2, 0.25) is 0 Å². The number of carbonyl (C=O) groups is 1. The van der Waals surface area contributed by atoms with Crippen molar-refractivity contribution < 1.29 is 14.1 Å². The Kier molecular flexibility index (Phi) is 3.81. The summed E-state index contributed by atoms with van der Waals surface area (Å²) in [6, 6.07) is -0.368. The van der Waals surface area contributed by atoms with E-state index < -0.39 is 0 Å². The number of aromatic nitrogens is 4. The highest BCUT2D eigenvalue weighted by Crippen LogP contribution is 2.39. The van der Waals surface area contributed by atoms with Gasteiger partial charge >= 0.3 is 0 Å². The summed E-state index contributed by atoms with van der Waals surface area (Å²) in [5.74, 6) is 1.56. The Morgan fingerprint density at radius 2 is 2.12 bits per heavy atom. The summed E-state index contributed by atoms with van der Waals surface area (Å²) in [4.78, 5) is 19.7. The van der Waals surface area contributed by atoms with Gasteiger partial charge < -0.3 is 14.2 Å². The van der Waals surface area contributed by atoms with E-state index in [9.17, 15) is 4.79 Å². The van der Waals surface area contributed by atoms with Crippen molar-refractivity contribution in [3.8, 4) is 0 Å². The molecule has 2 atom stereocenters. The number of aromatic amines is 1. The highest BCUT2D eigenvalue weighted by Gasteiger charge is 2.41. The smallest absolute Gasteiger partial charge is 0.275 e. The molecule has 1 aliphatic heterocycles. The topological polar surface area (TPSA) is 97.1 Å². The Hall–Kier alpha value is -2.22. The molecule has 2 aromatic heterocycles. The first kappa shape index (κ1) is 16.0. The molecule has 1 saturated carbocycles. The third-order valence-electron chi connectivity index (χ3n) is 5.67. The van der Waals surface area contributed by atoms with E-state index in [-0.39, 0.29) is 18.1 Å². The Morgan fingerprint density at radius 3 is 2.96 bits per heavy atom. The fraction of sp³-hybridized carbons (Fsp3) is 0.667. The molecule has 0 unspecified atom stereocenters. The lowest BCUT2D eigenvalue weighted by Gasteiger charge is -2.37. The quantitative estimate of drug-likeness (QED) is 0.904. The second-order valence-electron chi connectivity index (χ2n) is 7.52. The summed E-state index contributed by atoms with van der Waals surface area (Å²) in [6.07, 6.45) is 6.14. The number of aryl methyl sites for hydroxylation is 1. The number of hydrogen-bond donors (Lipinski definition) is 1. The molecule has 1 amide bonds. The van der Waals surface area contributed by atoms with Gasteiger partial charge in [-0.25, -0.2) is 0 Å². The lowest BCUT2D eigenvalue weighted by atomic mass is 9.95. The van der Waals surface area contributed by atoms with E-state index in [1.54, 1.807) is 4.90 Å². The normalized spacial score (nSPS) is 26.0. The number of nitrogens with zero attached hydrogens (tertiary/aromatic N) is 4. The summed E-state index contributed by atoms with van der Waals surface area (Å²) in [7, 11) is 0. The van der Waals surface area contributed by atoms with Crippen molar-refractivity contribution in [1.82, 2.24) is 25.2 Å². The highest BCUT2D eigenvalue weighted by molar-refractivity contribution is 5.94. The Labute approximate surface area is 151 Å². The van der Waals surface area contributed by atoms with Gasteiger partial charge in [-0.1, -0.05) is 5.16 Å². The standard InChI is InChI=1S/C18H23N5O3/c1-10-15(17-19-16(22-26-17)11-6-7-11)23(8-9-25-10)18(24)14-12-4-2-3-5-13(12)20-21-14/h10-11,15H,2-9H2,1H3,(H,20,21)/t10-,15+/m1/s1. The predicted octanol–water partition coefficient (Wildman–Crippen LogP) is 2.15. The summed E-state index contributed by atoms with van der Waals surface area (Å²) in [5, 5.41) is 11.5. The molecule has 1 N–H and O–H groups in total. The van der Waals surface area contributed by atoms with Crippen LogP contribution in [0.25, 0.3) is 0 Å². The first-order valence-corrected chi connectivity index (χ1v) is 9.54. The number of hydrogen-bond acceptors (Lipinski definition) is 6. The minimum Gasteiger partial charge on any atom is -0.374 e. The van der Waals surface area contributed by atoms with E-state index in [0.29, 0.717) is 30.7 Å². The molecule has 3 aliphatic rings. The van der Waals surface area contributed by atoms with Gasteiger partial charge in [0.05, 0.1) is 12.7 Å². The van der Waals surface area contributed by atoms with Crippen LogP contribution >= 0.6 is 0 Å². The summed E-state index contributed by atoms with van der Waals surface area (Å²) < 4.78 is 11.3. The number of morpholine rings is 1. The van der Waals surface area contributed by atoms with Crippen LogP contribution < -0.4 is 0 Å². The molecular formula is C18H23N5O3. The maximum absolute atomic E-state index is 13.3. The molecule has 0 bridgehead atoms. The maximum Gasteiger partial charge on any atom is 0.275 e. The number of fused-ring (bicyclic) bond motifs is 1. The molecule has 5 rings (SSSR count). The lowest BCUT2D eigenvalue weighted by molar-refractivity contribution is -0.0602. The minimum absolute atomic E-state index is 0.0734. The minimum atomic E-state index is -0.368. The number of H-pyrrole nitrogens is 1. The van der Waals surface area contributed by atoms with Gasteiger partial charge in [0.1, 0.15) is 6.04 Å². The summed E-state index contributed by atoms with van der Waals surface area (Å²) in [5.41, 5.74) is 2.72. The van der Waals surface area contributed by atoms with E-state index >= 15 is 0 Å². The number of ether oxygens (including phenoxy) is 1. The zero-order valence-corrected chi connectivity index (χ0v) is 14.9. The average Bonchev–Trinajstić information content (AvgIpc) is 3.24. The van der Waals surface area contributed by atoms with Gasteiger partial charge in [0, 0.05) is 23.7 Å². The molecule has 8 heteroatoms. The van der Waals surface area contributed by atoms with Crippen LogP contribution in [0.5, 0.6) is 0 Å². The zero-order valence-electron chi connectivity index (χ0n) is 14.9. The van der Waals surface area contributed by atoms with Crippen molar-refractivity contribution in [2.75, 3.05) is 13.2 Å². The molecule has 26 heavy (non-hydrogen) atoms. The average molecular weight is 357 g/mol. The van der Waals surface area contributed by atoms with Gasteiger partial charge in [-0.15, -0.1) is 0 Å². The number of nitrogens with one attached hydrogen (secondary N) is 1. The van der Waals surface area contributed by atoms with Gasteiger partial charge in [0.2, 0.25) is 0 Å². The lowest BCUT2D eigenvalue weighted by Crippen LogP contribution is -2.47. The van der Waals surface area contributed by atoms with E-state index in [1.165, 1.54) is 0 Å². The van der Waals surface area contributed by atoms with Crippen LogP contribution in [-0.4, -0.2) is 50.4 Å². The first-order chi connectivity index (χ1) is 12.7. The Balaban J connectivity index is 1.46. The van der Waals surface area contributed by atoms with Crippen LogP contribution in [0.4, 0.5) is 0 Å². The Bertz CT molecular complexity index is 825. The molecule has 2 fully saturated rings. The van der Waals surface area contributed by atoms with Crippen molar-refractivity contribution in [1.29, 1.82) is 0 Å². The Morgan fingerprint density at radius 1 is 1.27 bits per heavy atom. The second kappa shape index (κ2) is 6.19. The van der Waals surface area contributed by atoms with Crippen molar-refractivity contribution in [2.45, 2.75) is 63.5 Å². The molecule has 0 spiro atoms. The van der Waals surface area contributed by atoms with Crippen LogP contribution in [0.15, 0.2) is 4.52 Å². The van der Waals surface area contributed by atoms with Crippen LogP contribution in [0.1, 0.15) is 78.0 Å². The second-order valence-corrected chi connectivity index (χ2v) is 7.52. The van der Waals surface area contributed by atoms with E-state index in [1.807, 2.05) is 6.92 Å². The maximum atomic E-state index is 13.3. The first-order valence-electron chi connectivity index (χ1n) is 9.54. The summed E-state index contributed by atoms with van der Waals surface area (Å²) >= 11 is 0. The SMILES string of the molecule is C[C@H]1OCCN(C(=O)c2n[nH]c3c2CCCC3)[C@@H]1c1nc(C2CC2)no1. The van der Waals surface area contributed by atoms with Crippen LogP contribution in [0, 0.1) is 0 Å². The number of carbonyl (C=O) groups excluding carboxylic acids is 1. The molecule has 2 aromatic rings. The van der Waals surface area contributed by atoms with Crippen molar-refractivity contribution >= 4 is 5.91 Å². The largest absolute Gasteiger partial charge is 0.374 e. The predicted molar refractivity (Wildman–Crippen MR) is 90.7 cm³/mol. The van der Waals surface area contributed by atoms with Crippen LogP contribution in [0.3, 0.4) is 0 Å². The molecule has 3 heterocycles. The van der Waals surface area contributed by atoms with Crippen molar-refractivity contribution in [3.63, 3.8) is 0 Å². The highest BCUT2D eigenvalue weighted by atomic mass is 16.5. The number of amides is 1.